The first-order valence-corrected chi connectivity index (χ1v) is 12.0. The van der Waals surface area contributed by atoms with Gasteiger partial charge in [0.2, 0.25) is 10.0 Å². The number of hydrogen-bond donors (Lipinski definition) is 0. The molecule has 0 aliphatic carbocycles. The number of sulfonamides is 1. The Kier molecular flexibility index (Phi) is 6.26. The fraction of sp³-hybridized carbons (Fsp3) is 0.500. The molecule has 2 fully saturated rings. The summed E-state index contributed by atoms with van der Waals surface area (Å²) in [5, 5.41) is 0. The van der Waals surface area contributed by atoms with E-state index >= 15 is 0 Å². The molecule has 2 saturated heterocycles. The van der Waals surface area contributed by atoms with Gasteiger partial charge in [-0.05, 0) is 49.2 Å². The molecule has 8 heteroatoms. The van der Waals surface area contributed by atoms with Gasteiger partial charge >= 0.3 is 0 Å². The number of morpholine rings is 1. The molecular weight excluding hydrogens is 402 g/mol. The lowest BCUT2D eigenvalue weighted by Crippen LogP contribution is -2.40. The molecule has 2 aliphatic rings. The maximum absolute atomic E-state index is 13.4. The summed E-state index contributed by atoms with van der Waals surface area (Å²) in [7, 11) is -1.55. The zero-order valence-corrected chi connectivity index (χ0v) is 18.2. The molecule has 7 nitrogen and oxygen atoms in total. The second kappa shape index (κ2) is 8.91. The van der Waals surface area contributed by atoms with Crippen LogP contribution in [-0.4, -0.2) is 60.9 Å². The minimum atomic E-state index is -3.56. The number of aryl methyl sites for hydroxylation is 1. The van der Waals surface area contributed by atoms with Gasteiger partial charge in [-0.2, -0.15) is 4.31 Å². The molecule has 3 heterocycles. The first-order chi connectivity index (χ1) is 14.5. The van der Waals surface area contributed by atoms with Crippen molar-refractivity contribution in [2.75, 3.05) is 32.8 Å². The van der Waals surface area contributed by atoms with Crippen LogP contribution in [0.15, 0.2) is 47.5 Å². The van der Waals surface area contributed by atoms with Gasteiger partial charge in [0.1, 0.15) is 0 Å². The van der Waals surface area contributed by atoms with Crippen molar-refractivity contribution in [1.29, 1.82) is 0 Å². The van der Waals surface area contributed by atoms with E-state index in [-0.39, 0.29) is 16.8 Å². The third kappa shape index (κ3) is 4.17. The quantitative estimate of drug-likeness (QED) is 0.746. The summed E-state index contributed by atoms with van der Waals surface area (Å²) in [5.74, 6) is -0.0431. The predicted octanol–water partition coefficient (Wildman–Crippen LogP) is 2.80. The van der Waals surface area contributed by atoms with Gasteiger partial charge in [-0.15, -0.1) is 0 Å². The standard InChI is InChI=1S/C22H29N3O4S/c1-23-12-5-7-20(23)21-6-3-2-4-13-25(21)22(26)18-8-10-19(11-9-18)30(27,28)24-14-16-29-17-15-24/h5,7-12,21H,2-4,6,13-17H2,1H3/t21-/m1/s1. The molecule has 1 aromatic heterocycles. The molecule has 0 N–H and O–H groups in total. The van der Waals surface area contributed by atoms with Gasteiger partial charge in [-0.25, -0.2) is 8.42 Å². The van der Waals surface area contributed by atoms with Crippen molar-refractivity contribution in [3.05, 3.63) is 53.9 Å². The van der Waals surface area contributed by atoms with Gasteiger partial charge < -0.3 is 14.2 Å². The van der Waals surface area contributed by atoms with E-state index in [2.05, 4.69) is 10.6 Å². The number of likely N-dealkylation sites (tertiary alicyclic amines) is 1. The van der Waals surface area contributed by atoms with Crippen molar-refractivity contribution in [1.82, 2.24) is 13.8 Å². The number of carbonyl (C=O) groups is 1. The molecule has 2 aliphatic heterocycles. The van der Waals surface area contributed by atoms with E-state index in [1.54, 1.807) is 24.3 Å². The fourth-order valence-electron chi connectivity index (χ4n) is 4.35. The molecule has 162 valence electrons. The maximum Gasteiger partial charge on any atom is 0.254 e. The topological polar surface area (TPSA) is 71.9 Å². The zero-order chi connectivity index (χ0) is 21.1. The summed E-state index contributed by atoms with van der Waals surface area (Å²) >= 11 is 0. The van der Waals surface area contributed by atoms with Crippen molar-refractivity contribution in [3.63, 3.8) is 0 Å². The minimum absolute atomic E-state index is 0.0387. The molecule has 30 heavy (non-hydrogen) atoms. The fourth-order valence-corrected chi connectivity index (χ4v) is 5.76. The summed E-state index contributed by atoms with van der Waals surface area (Å²) in [6.07, 6.45) is 6.13. The van der Waals surface area contributed by atoms with Crippen LogP contribution in [0.2, 0.25) is 0 Å². The van der Waals surface area contributed by atoms with Gasteiger partial charge in [0, 0.05) is 44.1 Å². The van der Waals surface area contributed by atoms with E-state index in [0.717, 1.165) is 31.4 Å². The van der Waals surface area contributed by atoms with Gasteiger partial charge in [-0.1, -0.05) is 12.8 Å². The molecule has 1 amide bonds. The van der Waals surface area contributed by atoms with Crippen LogP contribution < -0.4 is 0 Å². The molecular formula is C22H29N3O4S. The average Bonchev–Trinajstić information content (AvgIpc) is 3.05. The second-order valence-corrected chi connectivity index (χ2v) is 9.89. The zero-order valence-electron chi connectivity index (χ0n) is 17.4. The Bertz CT molecular complexity index is 978. The third-order valence-electron chi connectivity index (χ3n) is 6.05. The van der Waals surface area contributed by atoms with Gasteiger partial charge in [0.05, 0.1) is 24.2 Å². The summed E-state index contributed by atoms with van der Waals surface area (Å²) in [5.41, 5.74) is 1.66. The molecule has 1 aromatic carbocycles. The van der Waals surface area contributed by atoms with E-state index in [0.29, 0.717) is 38.4 Å². The highest BCUT2D eigenvalue weighted by molar-refractivity contribution is 7.89. The number of aromatic nitrogens is 1. The number of nitrogens with zero attached hydrogens (tertiary/aromatic N) is 3. The lowest BCUT2D eigenvalue weighted by molar-refractivity contribution is 0.0674. The highest BCUT2D eigenvalue weighted by atomic mass is 32.2. The van der Waals surface area contributed by atoms with Crippen molar-refractivity contribution in [2.24, 2.45) is 7.05 Å². The number of benzene rings is 1. The molecule has 0 bridgehead atoms. The summed E-state index contributed by atoms with van der Waals surface area (Å²) in [6, 6.07) is 10.5. The SMILES string of the molecule is Cn1cccc1[C@H]1CCCCCN1C(=O)c1ccc(S(=O)(=O)N2CCOCC2)cc1. The van der Waals surface area contributed by atoms with Crippen LogP contribution in [-0.2, 0) is 21.8 Å². The average molecular weight is 432 g/mol. The summed E-state index contributed by atoms with van der Waals surface area (Å²) in [6.45, 7) is 2.24. The molecule has 0 saturated carbocycles. The highest BCUT2D eigenvalue weighted by Crippen LogP contribution is 2.31. The number of ether oxygens (including phenoxy) is 1. The Morgan fingerprint density at radius 3 is 2.40 bits per heavy atom. The molecule has 2 aromatic rings. The number of carbonyl (C=O) groups excluding carboxylic acids is 1. The van der Waals surface area contributed by atoms with Crippen LogP contribution in [0.4, 0.5) is 0 Å². The predicted molar refractivity (Wildman–Crippen MR) is 114 cm³/mol. The van der Waals surface area contributed by atoms with E-state index in [1.165, 1.54) is 4.31 Å². The number of rotatable bonds is 4. The normalized spacial score (nSPS) is 21.4. The Morgan fingerprint density at radius 2 is 1.73 bits per heavy atom. The van der Waals surface area contributed by atoms with Crippen molar-refractivity contribution in [3.8, 4) is 0 Å². The lowest BCUT2D eigenvalue weighted by atomic mass is 10.1. The molecule has 4 rings (SSSR count). The van der Waals surface area contributed by atoms with Crippen molar-refractivity contribution < 1.29 is 17.9 Å². The molecule has 1 atom stereocenters. The first-order valence-electron chi connectivity index (χ1n) is 10.6. The van der Waals surface area contributed by atoms with E-state index < -0.39 is 10.0 Å². The minimum Gasteiger partial charge on any atom is -0.379 e. The van der Waals surface area contributed by atoms with Crippen LogP contribution in [0.3, 0.4) is 0 Å². The van der Waals surface area contributed by atoms with Crippen LogP contribution in [0, 0.1) is 0 Å². The first kappa shape index (κ1) is 21.1. The number of amides is 1. The van der Waals surface area contributed by atoms with Crippen molar-refractivity contribution in [2.45, 2.75) is 36.6 Å². The monoisotopic (exact) mass is 431 g/mol. The van der Waals surface area contributed by atoms with Crippen LogP contribution >= 0.6 is 0 Å². The van der Waals surface area contributed by atoms with Gasteiger partial charge in [0.25, 0.3) is 5.91 Å². The van der Waals surface area contributed by atoms with Gasteiger partial charge in [-0.3, -0.25) is 4.79 Å². The van der Waals surface area contributed by atoms with Crippen LogP contribution in [0.5, 0.6) is 0 Å². The number of hydrogen-bond acceptors (Lipinski definition) is 4. The summed E-state index contributed by atoms with van der Waals surface area (Å²) in [4.78, 5) is 15.5. The third-order valence-corrected chi connectivity index (χ3v) is 7.96. The molecule has 0 unspecified atom stereocenters. The Morgan fingerprint density at radius 1 is 1.00 bits per heavy atom. The second-order valence-electron chi connectivity index (χ2n) is 7.95. The van der Waals surface area contributed by atoms with Crippen LogP contribution in [0.1, 0.15) is 47.8 Å². The molecule has 0 spiro atoms. The van der Waals surface area contributed by atoms with E-state index in [4.69, 9.17) is 4.74 Å². The lowest BCUT2D eigenvalue weighted by Gasteiger charge is -2.31. The van der Waals surface area contributed by atoms with E-state index in [9.17, 15) is 13.2 Å². The Labute approximate surface area is 178 Å². The Balaban J connectivity index is 1.57. The van der Waals surface area contributed by atoms with Crippen LogP contribution in [0.25, 0.3) is 0 Å². The Hall–Kier alpha value is -2.16. The molecule has 0 radical (unpaired) electrons. The smallest absolute Gasteiger partial charge is 0.254 e. The van der Waals surface area contributed by atoms with E-state index in [1.807, 2.05) is 24.2 Å². The maximum atomic E-state index is 13.4. The highest BCUT2D eigenvalue weighted by Gasteiger charge is 2.30. The summed E-state index contributed by atoms with van der Waals surface area (Å²) < 4.78 is 34.4. The van der Waals surface area contributed by atoms with Gasteiger partial charge in [0.15, 0.2) is 0 Å². The largest absolute Gasteiger partial charge is 0.379 e. The van der Waals surface area contributed by atoms with Crippen molar-refractivity contribution >= 4 is 15.9 Å².